The fraction of sp³-hybridized carbons (Fsp3) is 0.133. The molecule has 0 saturated carbocycles. The van der Waals surface area contributed by atoms with Crippen molar-refractivity contribution in [3.8, 4) is 11.5 Å². The number of phenolic OH excluding ortho intramolecular Hbond substituents is 1. The summed E-state index contributed by atoms with van der Waals surface area (Å²) in [5.74, 6) is -1.19. The summed E-state index contributed by atoms with van der Waals surface area (Å²) in [5, 5.41) is 9.65. The molecular formula is C15H14FNO3. The van der Waals surface area contributed by atoms with Crippen LogP contribution in [0.5, 0.6) is 11.5 Å². The maximum absolute atomic E-state index is 13.7. The van der Waals surface area contributed by atoms with Crippen molar-refractivity contribution in [2.45, 2.75) is 0 Å². The molecular weight excluding hydrogens is 261 g/mol. The van der Waals surface area contributed by atoms with Crippen molar-refractivity contribution < 1.29 is 19.0 Å². The average Bonchev–Trinajstić information content (AvgIpc) is 2.46. The first kappa shape index (κ1) is 13.9. The zero-order chi connectivity index (χ0) is 14.7. The number of methoxy groups -OCH3 is 1. The van der Waals surface area contributed by atoms with Gasteiger partial charge in [0, 0.05) is 18.8 Å². The smallest absolute Gasteiger partial charge is 0.264 e. The van der Waals surface area contributed by atoms with Gasteiger partial charge in [0.05, 0.1) is 7.11 Å². The minimum Gasteiger partial charge on any atom is -0.507 e. The number of phenols is 1. The van der Waals surface area contributed by atoms with Gasteiger partial charge in [-0.05, 0) is 24.3 Å². The molecule has 0 radical (unpaired) electrons. The molecule has 0 fully saturated rings. The van der Waals surface area contributed by atoms with Crippen LogP contribution in [0.25, 0.3) is 0 Å². The number of carbonyl (C=O) groups is 1. The molecule has 0 aliphatic rings. The highest BCUT2D eigenvalue weighted by atomic mass is 19.1. The van der Waals surface area contributed by atoms with Crippen molar-refractivity contribution in [2.75, 3.05) is 19.1 Å². The van der Waals surface area contributed by atoms with Gasteiger partial charge in [0.25, 0.3) is 5.91 Å². The van der Waals surface area contributed by atoms with Gasteiger partial charge in [-0.2, -0.15) is 0 Å². The maximum Gasteiger partial charge on any atom is 0.264 e. The molecule has 0 aromatic heterocycles. The number of nitrogens with zero attached hydrogens (tertiary/aromatic N) is 1. The number of aromatic hydroxyl groups is 1. The summed E-state index contributed by atoms with van der Waals surface area (Å²) in [5.41, 5.74) is 0.190. The highest BCUT2D eigenvalue weighted by Gasteiger charge is 2.21. The second-order valence-electron chi connectivity index (χ2n) is 4.20. The second-order valence-corrected chi connectivity index (χ2v) is 4.20. The lowest BCUT2D eigenvalue weighted by Crippen LogP contribution is -2.27. The predicted molar refractivity (Wildman–Crippen MR) is 73.8 cm³/mol. The fourth-order valence-corrected chi connectivity index (χ4v) is 1.83. The number of hydrogen-bond donors (Lipinski definition) is 1. The molecule has 1 amide bonds. The lowest BCUT2D eigenvalue weighted by molar-refractivity contribution is 0.0986. The number of rotatable bonds is 3. The van der Waals surface area contributed by atoms with E-state index in [9.17, 15) is 14.3 Å². The Balaban J connectivity index is 2.37. The number of halogens is 1. The van der Waals surface area contributed by atoms with Gasteiger partial charge in [-0.1, -0.05) is 12.1 Å². The number of ether oxygens (including phenoxy) is 1. The number of anilines is 1. The van der Waals surface area contributed by atoms with Crippen LogP contribution in [0.3, 0.4) is 0 Å². The SMILES string of the molecule is COc1cccc(N(C)C(=O)c2c(O)cccc2F)c1. The van der Waals surface area contributed by atoms with Gasteiger partial charge in [0.1, 0.15) is 22.9 Å². The molecule has 5 heteroatoms. The Kier molecular flexibility index (Phi) is 3.89. The Morgan fingerprint density at radius 2 is 1.95 bits per heavy atom. The molecule has 2 aromatic carbocycles. The quantitative estimate of drug-likeness (QED) is 0.937. The van der Waals surface area contributed by atoms with Gasteiger partial charge >= 0.3 is 0 Å². The van der Waals surface area contributed by atoms with Crippen LogP contribution in [-0.2, 0) is 0 Å². The molecule has 2 aromatic rings. The third-order valence-electron chi connectivity index (χ3n) is 2.95. The van der Waals surface area contributed by atoms with Crippen molar-refractivity contribution in [2.24, 2.45) is 0 Å². The summed E-state index contributed by atoms with van der Waals surface area (Å²) in [6.45, 7) is 0. The number of amides is 1. The van der Waals surface area contributed by atoms with Crippen LogP contribution < -0.4 is 9.64 Å². The Labute approximate surface area is 116 Å². The largest absolute Gasteiger partial charge is 0.507 e. The molecule has 1 N–H and O–H groups in total. The summed E-state index contributed by atoms with van der Waals surface area (Å²) < 4.78 is 18.8. The van der Waals surface area contributed by atoms with Crippen LogP contribution in [-0.4, -0.2) is 25.2 Å². The van der Waals surface area contributed by atoms with E-state index in [1.165, 1.54) is 31.2 Å². The normalized spacial score (nSPS) is 10.2. The zero-order valence-electron chi connectivity index (χ0n) is 11.1. The first-order chi connectivity index (χ1) is 9.54. The number of benzene rings is 2. The fourth-order valence-electron chi connectivity index (χ4n) is 1.83. The van der Waals surface area contributed by atoms with Gasteiger partial charge in [-0.25, -0.2) is 4.39 Å². The highest BCUT2D eigenvalue weighted by molar-refractivity contribution is 6.07. The van der Waals surface area contributed by atoms with E-state index in [4.69, 9.17) is 4.74 Å². The molecule has 0 heterocycles. The van der Waals surface area contributed by atoms with Gasteiger partial charge in [-0.3, -0.25) is 4.79 Å². The van der Waals surface area contributed by atoms with E-state index < -0.39 is 11.7 Å². The molecule has 0 spiro atoms. The molecule has 0 atom stereocenters. The van der Waals surface area contributed by atoms with Crippen LogP contribution in [0.2, 0.25) is 0 Å². The van der Waals surface area contributed by atoms with Crippen molar-refractivity contribution in [3.05, 3.63) is 53.8 Å². The third-order valence-corrected chi connectivity index (χ3v) is 2.95. The summed E-state index contributed by atoms with van der Waals surface area (Å²) in [6.07, 6.45) is 0. The predicted octanol–water partition coefficient (Wildman–Crippen LogP) is 2.82. The first-order valence-electron chi connectivity index (χ1n) is 5.94. The van der Waals surface area contributed by atoms with E-state index in [2.05, 4.69) is 0 Å². The lowest BCUT2D eigenvalue weighted by atomic mass is 10.1. The van der Waals surface area contributed by atoms with Crippen LogP contribution in [0.15, 0.2) is 42.5 Å². The molecule has 0 bridgehead atoms. The van der Waals surface area contributed by atoms with E-state index in [1.54, 1.807) is 24.3 Å². The minimum absolute atomic E-state index is 0.349. The van der Waals surface area contributed by atoms with Gasteiger partial charge in [-0.15, -0.1) is 0 Å². The topological polar surface area (TPSA) is 49.8 Å². The van der Waals surface area contributed by atoms with E-state index in [0.29, 0.717) is 11.4 Å². The number of hydrogen-bond acceptors (Lipinski definition) is 3. The maximum atomic E-state index is 13.7. The van der Waals surface area contributed by atoms with Gasteiger partial charge in [0.2, 0.25) is 0 Å². The third kappa shape index (κ3) is 2.56. The van der Waals surface area contributed by atoms with Crippen molar-refractivity contribution >= 4 is 11.6 Å². The number of carbonyl (C=O) groups excluding carboxylic acids is 1. The van der Waals surface area contributed by atoms with Gasteiger partial charge < -0.3 is 14.7 Å². The summed E-state index contributed by atoms with van der Waals surface area (Å²) in [6, 6.07) is 10.5. The van der Waals surface area contributed by atoms with Crippen molar-refractivity contribution in [1.29, 1.82) is 0 Å². The highest BCUT2D eigenvalue weighted by Crippen LogP contribution is 2.25. The van der Waals surface area contributed by atoms with E-state index in [1.807, 2.05) is 0 Å². The van der Waals surface area contributed by atoms with Gasteiger partial charge in [0.15, 0.2) is 0 Å². The van der Waals surface area contributed by atoms with E-state index in [0.717, 1.165) is 6.07 Å². The molecule has 0 aliphatic heterocycles. The Hall–Kier alpha value is -2.56. The average molecular weight is 275 g/mol. The van der Waals surface area contributed by atoms with E-state index in [-0.39, 0.29) is 11.3 Å². The van der Waals surface area contributed by atoms with Crippen LogP contribution in [0, 0.1) is 5.82 Å². The summed E-state index contributed by atoms with van der Waals surface area (Å²) in [4.78, 5) is 13.5. The minimum atomic E-state index is -0.759. The molecule has 2 rings (SSSR count). The molecule has 0 saturated heterocycles. The Morgan fingerprint density at radius 3 is 2.60 bits per heavy atom. The molecule has 104 valence electrons. The second kappa shape index (κ2) is 5.61. The Bertz CT molecular complexity index is 623. The molecule has 20 heavy (non-hydrogen) atoms. The van der Waals surface area contributed by atoms with Crippen molar-refractivity contribution in [1.82, 2.24) is 0 Å². The first-order valence-corrected chi connectivity index (χ1v) is 5.94. The lowest BCUT2D eigenvalue weighted by Gasteiger charge is -2.18. The molecule has 0 unspecified atom stereocenters. The van der Waals surface area contributed by atoms with E-state index >= 15 is 0 Å². The standard InChI is InChI=1S/C15H14FNO3/c1-17(10-5-3-6-11(9-10)20-2)15(19)14-12(16)7-4-8-13(14)18/h3-9,18H,1-2H3. The monoisotopic (exact) mass is 275 g/mol. The molecule has 0 aliphatic carbocycles. The van der Waals surface area contributed by atoms with Crippen LogP contribution in [0.1, 0.15) is 10.4 Å². The zero-order valence-corrected chi connectivity index (χ0v) is 11.1. The Morgan fingerprint density at radius 1 is 1.25 bits per heavy atom. The summed E-state index contributed by atoms with van der Waals surface area (Å²) in [7, 11) is 3.02. The van der Waals surface area contributed by atoms with Crippen LogP contribution >= 0.6 is 0 Å². The van der Waals surface area contributed by atoms with Crippen molar-refractivity contribution in [3.63, 3.8) is 0 Å². The molecule has 4 nitrogen and oxygen atoms in total. The van der Waals surface area contributed by atoms with Crippen LogP contribution in [0.4, 0.5) is 10.1 Å². The summed E-state index contributed by atoms with van der Waals surface area (Å²) >= 11 is 0.